The highest BCUT2D eigenvalue weighted by atomic mass is 16.3. The van der Waals surface area contributed by atoms with Gasteiger partial charge in [0.15, 0.2) is 0 Å². The van der Waals surface area contributed by atoms with E-state index in [0.717, 1.165) is 19.5 Å². The highest BCUT2D eigenvalue weighted by molar-refractivity contribution is 5.76. The number of aliphatic hydroxyl groups excluding tert-OH is 1. The van der Waals surface area contributed by atoms with Crippen molar-refractivity contribution in [3.05, 3.63) is 0 Å². The maximum Gasteiger partial charge on any atom is 0.248 e. The third kappa shape index (κ3) is 4.18. The van der Waals surface area contributed by atoms with Gasteiger partial charge in [0, 0.05) is 20.1 Å². The summed E-state index contributed by atoms with van der Waals surface area (Å²) in [6.07, 6.45) is 3.58. The molecule has 88 valence electrons. The van der Waals surface area contributed by atoms with Gasteiger partial charge in [-0.2, -0.15) is 0 Å². The molecule has 4 nitrogen and oxygen atoms in total. The Morgan fingerprint density at radius 3 is 2.93 bits per heavy atom. The van der Waals surface area contributed by atoms with Crippen LogP contribution in [0.1, 0.15) is 19.3 Å². The summed E-state index contributed by atoms with van der Waals surface area (Å²) in [5, 5.41) is 8.68. The van der Waals surface area contributed by atoms with Crippen molar-refractivity contribution in [1.82, 2.24) is 9.80 Å². The van der Waals surface area contributed by atoms with E-state index in [9.17, 15) is 4.79 Å². The lowest BCUT2D eigenvalue weighted by atomic mass is 9.95. The van der Waals surface area contributed by atoms with Crippen LogP contribution in [0.5, 0.6) is 0 Å². The molecule has 1 aliphatic rings. The zero-order valence-corrected chi connectivity index (χ0v) is 9.78. The maximum absolute atomic E-state index is 11.1. The molecule has 15 heavy (non-hydrogen) atoms. The number of hydrogen-bond acceptors (Lipinski definition) is 3. The topological polar surface area (TPSA) is 43.8 Å². The van der Waals surface area contributed by atoms with Crippen LogP contribution < -0.4 is 0 Å². The molecule has 0 radical (unpaired) electrons. The Labute approximate surface area is 91.9 Å². The molecule has 0 aliphatic carbocycles. The number of likely N-dealkylation sites (tertiary alicyclic amines) is 1. The first-order valence-corrected chi connectivity index (χ1v) is 5.67. The molecule has 0 bridgehead atoms. The maximum atomic E-state index is 11.1. The number of carbonyl (C=O) groups excluding carboxylic acids is 1. The van der Waals surface area contributed by atoms with Crippen LogP contribution in [0.3, 0.4) is 0 Å². The van der Waals surface area contributed by atoms with Crippen LogP contribution in [0.15, 0.2) is 0 Å². The molecular formula is C11H22N2O2. The van der Waals surface area contributed by atoms with Crippen molar-refractivity contribution in [2.75, 3.05) is 40.3 Å². The van der Waals surface area contributed by atoms with Gasteiger partial charge in [-0.05, 0) is 38.8 Å². The fourth-order valence-electron chi connectivity index (χ4n) is 2.13. The van der Waals surface area contributed by atoms with E-state index < -0.39 is 0 Å². The zero-order chi connectivity index (χ0) is 11.3. The highest BCUT2D eigenvalue weighted by Crippen LogP contribution is 2.18. The first kappa shape index (κ1) is 12.5. The molecule has 0 spiro atoms. The summed E-state index contributed by atoms with van der Waals surface area (Å²) in [7, 11) is 3.90. The fourth-order valence-corrected chi connectivity index (χ4v) is 2.13. The van der Waals surface area contributed by atoms with Gasteiger partial charge in [-0.1, -0.05) is 0 Å². The van der Waals surface area contributed by atoms with Crippen molar-refractivity contribution in [1.29, 1.82) is 0 Å². The normalized spacial score (nSPS) is 22.7. The van der Waals surface area contributed by atoms with Crippen molar-refractivity contribution in [3.63, 3.8) is 0 Å². The van der Waals surface area contributed by atoms with Crippen LogP contribution in [-0.4, -0.2) is 61.2 Å². The minimum atomic E-state index is -0.374. The predicted molar refractivity (Wildman–Crippen MR) is 59.6 cm³/mol. The fraction of sp³-hybridized carbons (Fsp3) is 0.909. The average molecular weight is 214 g/mol. The van der Waals surface area contributed by atoms with Gasteiger partial charge in [0.1, 0.15) is 6.61 Å². The van der Waals surface area contributed by atoms with E-state index in [1.165, 1.54) is 19.4 Å². The standard InChI is InChI=1S/C11H22N2O2/c1-12-6-3-4-10(8-12)5-7-13(2)11(15)9-14/h10,14H,3-9H2,1-2H3. The van der Waals surface area contributed by atoms with Crippen molar-refractivity contribution < 1.29 is 9.90 Å². The summed E-state index contributed by atoms with van der Waals surface area (Å²) in [6, 6.07) is 0. The number of aliphatic hydroxyl groups is 1. The number of piperidine rings is 1. The Hall–Kier alpha value is -0.610. The van der Waals surface area contributed by atoms with Crippen LogP contribution in [0.25, 0.3) is 0 Å². The van der Waals surface area contributed by atoms with E-state index in [1.807, 2.05) is 0 Å². The van der Waals surface area contributed by atoms with Gasteiger partial charge >= 0.3 is 0 Å². The molecular weight excluding hydrogens is 192 g/mol. The van der Waals surface area contributed by atoms with E-state index in [1.54, 1.807) is 11.9 Å². The molecule has 4 heteroatoms. The lowest BCUT2D eigenvalue weighted by Gasteiger charge is -2.30. The molecule has 0 aromatic rings. The summed E-state index contributed by atoms with van der Waals surface area (Å²) < 4.78 is 0. The predicted octanol–water partition coefficient (Wildman–Crippen LogP) is 0.169. The van der Waals surface area contributed by atoms with Crippen molar-refractivity contribution in [2.45, 2.75) is 19.3 Å². The Morgan fingerprint density at radius 2 is 2.33 bits per heavy atom. The van der Waals surface area contributed by atoms with Crippen LogP contribution in [0.2, 0.25) is 0 Å². The Kier molecular flexibility index (Phi) is 5.05. The van der Waals surface area contributed by atoms with Gasteiger partial charge in [0.2, 0.25) is 5.91 Å². The average Bonchev–Trinajstić information content (AvgIpc) is 2.25. The lowest BCUT2D eigenvalue weighted by Crippen LogP contribution is -2.36. The van der Waals surface area contributed by atoms with Crippen LogP contribution in [0.4, 0.5) is 0 Å². The van der Waals surface area contributed by atoms with Gasteiger partial charge in [0.05, 0.1) is 0 Å². The molecule has 1 saturated heterocycles. The summed E-state index contributed by atoms with van der Waals surface area (Å²) in [5.74, 6) is 0.525. The molecule has 1 unspecified atom stereocenters. The van der Waals surface area contributed by atoms with Crippen LogP contribution >= 0.6 is 0 Å². The molecule has 1 atom stereocenters. The number of nitrogens with zero attached hydrogens (tertiary/aromatic N) is 2. The minimum Gasteiger partial charge on any atom is -0.387 e. The molecule has 1 aliphatic heterocycles. The molecule has 1 amide bonds. The second-order valence-electron chi connectivity index (χ2n) is 4.53. The van der Waals surface area contributed by atoms with Crippen LogP contribution in [0, 0.1) is 5.92 Å². The molecule has 0 aromatic carbocycles. The summed E-state index contributed by atoms with van der Waals surface area (Å²) >= 11 is 0. The first-order valence-electron chi connectivity index (χ1n) is 5.67. The van der Waals surface area contributed by atoms with E-state index >= 15 is 0 Å². The Morgan fingerprint density at radius 1 is 1.60 bits per heavy atom. The minimum absolute atomic E-state index is 0.181. The van der Waals surface area contributed by atoms with Gasteiger partial charge in [-0.3, -0.25) is 4.79 Å². The number of amides is 1. The first-order chi connectivity index (χ1) is 7.13. The molecule has 1 heterocycles. The number of likely N-dealkylation sites (N-methyl/N-ethyl adjacent to an activating group) is 1. The van der Waals surface area contributed by atoms with E-state index in [2.05, 4.69) is 11.9 Å². The zero-order valence-electron chi connectivity index (χ0n) is 9.78. The highest BCUT2D eigenvalue weighted by Gasteiger charge is 2.18. The van der Waals surface area contributed by atoms with Crippen molar-refractivity contribution >= 4 is 5.91 Å². The van der Waals surface area contributed by atoms with Gasteiger partial charge in [-0.25, -0.2) is 0 Å². The van der Waals surface area contributed by atoms with E-state index in [0.29, 0.717) is 5.92 Å². The number of rotatable bonds is 4. The Bertz CT molecular complexity index is 209. The molecule has 1 fully saturated rings. The SMILES string of the molecule is CN1CCCC(CCN(C)C(=O)CO)C1. The smallest absolute Gasteiger partial charge is 0.248 e. The van der Waals surface area contributed by atoms with Crippen molar-refractivity contribution in [2.24, 2.45) is 5.92 Å². The monoisotopic (exact) mass is 214 g/mol. The summed E-state index contributed by atoms with van der Waals surface area (Å²) in [5.41, 5.74) is 0. The quantitative estimate of drug-likeness (QED) is 0.725. The van der Waals surface area contributed by atoms with Crippen molar-refractivity contribution in [3.8, 4) is 0 Å². The lowest BCUT2D eigenvalue weighted by molar-refractivity contribution is -0.133. The van der Waals surface area contributed by atoms with E-state index in [4.69, 9.17) is 5.11 Å². The molecule has 1 rings (SSSR count). The summed E-state index contributed by atoms with van der Waals surface area (Å²) in [6.45, 7) is 2.72. The summed E-state index contributed by atoms with van der Waals surface area (Å²) in [4.78, 5) is 15.1. The van der Waals surface area contributed by atoms with Gasteiger partial charge < -0.3 is 14.9 Å². The van der Waals surface area contributed by atoms with Crippen LogP contribution in [-0.2, 0) is 4.79 Å². The number of hydrogen-bond donors (Lipinski definition) is 1. The second kappa shape index (κ2) is 6.08. The Balaban J connectivity index is 2.21. The van der Waals surface area contributed by atoms with E-state index in [-0.39, 0.29) is 12.5 Å². The third-order valence-corrected chi connectivity index (χ3v) is 3.16. The van der Waals surface area contributed by atoms with Gasteiger partial charge in [0.25, 0.3) is 0 Å². The third-order valence-electron chi connectivity index (χ3n) is 3.16. The molecule has 0 saturated carbocycles. The molecule has 0 aromatic heterocycles. The molecule has 1 N–H and O–H groups in total. The van der Waals surface area contributed by atoms with Gasteiger partial charge in [-0.15, -0.1) is 0 Å². The number of carbonyl (C=O) groups is 1. The second-order valence-corrected chi connectivity index (χ2v) is 4.53. The largest absolute Gasteiger partial charge is 0.387 e.